The van der Waals surface area contributed by atoms with Gasteiger partial charge in [0.2, 0.25) is 0 Å². The molecule has 1 aromatic heterocycles. The number of nitrogens with two attached hydrogens (primary N) is 1. The van der Waals surface area contributed by atoms with Crippen LogP contribution in [-0.4, -0.2) is 15.0 Å². The molecular formula is C11H20N4. The van der Waals surface area contributed by atoms with Crippen LogP contribution < -0.4 is 5.73 Å². The zero-order valence-corrected chi connectivity index (χ0v) is 9.45. The van der Waals surface area contributed by atoms with Crippen molar-refractivity contribution in [2.24, 2.45) is 0 Å². The van der Waals surface area contributed by atoms with Crippen LogP contribution in [0.1, 0.15) is 57.1 Å². The van der Waals surface area contributed by atoms with Crippen LogP contribution in [0, 0.1) is 0 Å². The summed E-state index contributed by atoms with van der Waals surface area (Å²) in [6, 6.07) is 0. The molecule has 4 nitrogen and oxygen atoms in total. The molecule has 1 fully saturated rings. The van der Waals surface area contributed by atoms with Gasteiger partial charge in [-0.1, -0.05) is 30.9 Å². The quantitative estimate of drug-likeness (QED) is 0.759. The van der Waals surface area contributed by atoms with Gasteiger partial charge in [-0.2, -0.15) is 0 Å². The maximum atomic E-state index is 5.90. The molecule has 1 saturated carbocycles. The van der Waals surface area contributed by atoms with Crippen molar-refractivity contribution in [3.8, 4) is 0 Å². The van der Waals surface area contributed by atoms with E-state index in [0.29, 0.717) is 11.7 Å². The first-order chi connectivity index (χ1) is 7.33. The number of anilines is 1. The van der Waals surface area contributed by atoms with E-state index in [1.165, 1.54) is 44.2 Å². The van der Waals surface area contributed by atoms with Crippen molar-refractivity contribution in [2.45, 2.75) is 57.9 Å². The third-order valence-corrected chi connectivity index (χ3v) is 3.34. The maximum absolute atomic E-state index is 5.90. The molecule has 84 valence electrons. The highest BCUT2D eigenvalue weighted by molar-refractivity contribution is 5.35. The van der Waals surface area contributed by atoms with E-state index in [9.17, 15) is 0 Å². The van der Waals surface area contributed by atoms with Crippen LogP contribution in [0.15, 0.2) is 0 Å². The summed E-state index contributed by atoms with van der Waals surface area (Å²) in [7, 11) is 0. The van der Waals surface area contributed by atoms with Gasteiger partial charge in [0.25, 0.3) is 0 Å². The second kappa shape index (κ2) is 4.64. The Bertz CT molecular complexity index is 310. The highest BCUT2D eigenvalue weighted by Crippen LogP contribution is 2.33. The molecule has 4 heteroatoms. The summed E-state index contributed by atoms with van der Waals surface area (Å²) >= 11 is 0. The second-order valence-corrected chi connectivity index (χ2v) is 4.36. The Morgan fingerprint density at radius 2 is 1.93 bits per heavy atom. The number of nitrogens with zero attached hydrogens (tertiary/aromatic N) is 3. The van der Waals surface area contributed by atoms with Gasteiger partial charge in [-0.3, -0.25) is 0 Å². The normalized spacial score (nSPS) is 19.0. The minimum atomic E-state index is 0.586. The van der Waals surface area contributed by atoms with Gasteiger partial charge < -0.3 is 5.73 Å². The maximum Gasteiger partial charge on any atom is 0.169 e. The standard InChI is InChI=1S/C11H20N4/c1-2-15-10(11(12)13-14-15)9-7-5-3-4-6-8-9/h9H,2-8,12H2,1H3. The highest BCUT2D eigenvalue weighted by atomic mass is 15.4. The Morgan fingerprint density at radius 3 is 2.53 bits per heavy atom. The van der Waals surface area contributed by atoms with Crippen LogP contribution >= 0.6 is 0 Å². The lowest BCUT2D eigenvalue weighted by Crippen LogP contribution is -2.09. The molecule has 0 aliphatic heterocycles. The topological polar surface area (TPSA) is 56.7 Å². The summed E-state index contributed by atoms with van der Waals surface area (Å²) < 4.78 is 1.96. The molecular weight excluding hydrogens is 188 g/mol. The zero-order chi connectivity index (χ0) is 10.7. The van der Waals surface area contributed by atoms with Gasteiger partial charge in [-0.15, -0.1) is 5.10 Å². The Hall–Kier alpha value is -1.06. The predicted octanol–water partition coefficient (Wildman–Crippen LogP) is 2.32. The summed E-state index contributed by atoms with van der Waals surface area (Å²) in [6.45, 7) is 2.96. The van der Waals surface area contributed by atoms with E-state index in [2.05, 4.69) is 17.2 Å². The van der Waals surface area contributed by atoms with Crippen LogP contribution in [0.5, 0.6) is 0 Å². The molecule has 0 aromatic carbocycles. The molecule has 0 radical (unpaired) electrons. The third kappa shape index (κ3) is 2.13. The molecule has 15 heavy (non-hydrogen) atoms. The van der Waals surface area contributed by atoms with Crippen molar-refractivity contribution >= 4 is 5.82 Å². The van der Waals surface area contributed by atoms with Crippen LogP contribution in [0.4, 0.5) is 5.82 Å². The predicted molar refractivity (Wildman–Crippen MR) is 60.6 cm³/mol. The van der Waals surface area contributed by atoms with Crippen molar-refractivity contribution in [3.05, 3.63) is 5.69 Å². The van der Waals surface area contributed by atoms with Crippen LogP contribution in [0.3, 0.4) is 0 Å². The molecule has 2 N–H and O–H groups in total. The molecule has 0 spiro atoms. The number of aryl methyl sites for hydroxylation is 1. The van der Waals surface area contributed by atoms with Gasteiger partial charge in [-0.25, -0.2) is 4.68 Å². The van der Waals surface area contributed by atoms with Crippen molar-refractivity contribution < 1.29 is 0 Å². The van der Waals surface area contributed by atoms with Crippen molar-refractivity contribution in [1.82, 2.24) is 15.0 Å². The number of nitrogen functional groups attached to an aromatic ring is 1. The zero-order valence-electron chi connectivity index (χ0n) is 9.45. The first-order valence-corrected chi connectivity index (χ1v) is 6.01. The van der Waals surface area contributed by atoms with Gasteiger partial charge >= 0.3 is 0 Å². The van der Waals surface area contributed by atoms with Crippen molar-refractivity contribution in [2.75, 3.05) is 5.73 Å². The Balaban J connectivity index is 2.21. The van der Waals surface area contributed by atoms with Gasteiger partial charge in [0, 0.05) is 12.5 Å². The lowest BCUT2D eigenvalue weighted by molar-refractivity contribution is 0.513. The van der Waals surface area contributed by atoms with Gasteiger partial charge in [0.15, 0.2) is 5.82 Å². The summed E-state index contributed by atoms with van der Waals surface area (Å²) in [6.07, 6.45) is 7.86. The molecule has 0 bridgehead atoms. The van der Waals surface area contributed by atoms with E-state index in [1.54, 1.807) is 0 Å². The van der Waals surface area contributed by atoms with Crippen LogP contribution in [0.25, 0.3) is 0 Å². The fourth-order valence-corrected chi connectivity index (χ4v) is 2.54. The Morgan fingerprint density at radius 1 is 1.27 bits per heavy atom. The Kier molecular flexibility index (Phi) is 3.23. The Labute approximate surface area is 90.8 Å². The SMILES string of the molecule is CCn1nnc(N)c1C1CCCCCC1. The van der Waals surface area contributed by atoms with E-state index in [-0.39, 0.29) is 0 Å². The smallest absolute Gasteiger partial charge is 0.169 e. The van der Waals surface area contributed by atoms with E-state index in [4.69, 9.17) is 5.73 Å². The van der Waals surface area contributed by atoms with Crippen molar-refractivity contribution in [3.63, 3.8) is 0 Å². The van der Waals surface area contributed by atoms with Crippen LogP contribution in [-0.2, 0) is 6.54 Å². The summed E-state index contributed by atoms with van der Waals surface area (Å²) in [4.78, 5) is 0. The average Bonchev–Trinajstić information content (AvgIpc) is 2.48. The van der Waals surface area contributed by atoms with E-state index >= 15 is 0 Å². The largest absolute Gasteiger partial charge is 0.381 e. The molecule has 1 aromatic rings. The monoisotopic (exact) mass is 208 g/mol. The lowest BCUT2D eigenvalue weighted by Gasteiger charge is -2.15. The number of rotatable bonds is 2. The minimum Gasteiger partial charge on any atom is -0.381 e. The first kappa shape index (κ1) is 10.5. The van der Waals surface area contributed by atoms with Gasteiger partial charge in [0.1, 0.15) is 0 Å². The van der Waals surface area contributed by atoms with Gasteiger partial charge in [0.05, 0.1) is 5.69 Å². The number of aromatic nitrogens is 3. The summed E-state index contributed by atoms with van der Waals surface area (Å²) in [5, 5.41) is 8.07. The average molecular weight is 208 g/mol. The lowest BCUT2D eigenvalue weighted by atomic mass is 9.96. The number of hydrogen-bond acceptors (Lipinski definition) is 3. The van der Waals surface area contributed by atoms with Crippen molar-refractivity contribution in [1.29, 1.82) is 0 Å². The van der Waals surface area contributed by atoms with Gasteiger partial charge in [-0.05, 0) is 19.8 Å². The van der Waals surface area contributed by atoms with Crippen LogP contribution in [0.2, 0.25) is 0 Å². The summed E-state index contributed by atoms with van der Waals surface area (Å²) in [5.74, 6) is 1.23. The molecule has 0 amide bonds. The molecule has 0 atom stereocenters. The van der Waals surface area contributed by atoms with E-state index < -0.39 is 0 Å². The molecule has 0 unspecified atom stereocenters. The molecule has 1 aliphatic rings. The van der Waals surface area contributed by atoms with E-state index in [0.717, 1.165) is 6.54 Å². The fourth-order valence-electron chi connectivity index (χ4n) is 2.54. The molecule has 1 aliphatic carbocycles. The summed E-state index contributed by atoms with van der Waals surface area (Å²) in [5.41, 5.74) is 7.08. The highest BCUT2D eigenvalue weighted by Gasteiger charge is 2.21. The fraction of sp³-hybridized carbons (Fsp3) is 0.818. The third-order valence-electron chi connectivity index (χ3n) is 3.34. The number of hydrogen-bond donors (Lipinski definition) is 1. The molecule has 2 rings (SSSR count). The van der Waals surface area contributed by atoms with E-state index in [1.807, 2.05) is 4.68 Å². The first-order valence-electron chi connectivity index (χ1n) is 6.01. The second-order valence-electron chi connectivity index (χ2n) is 4.36. The molecule has 0 saturated heterocycles. The molecule has 1 heterocycles. The minimum absolute atomic E-state index is 0.586.